The highest BCUT2D eigenvalue weighted by atomic mass is 16.6. The zero-order valence-corrected chi connectivity index (χ0v) is 27.8. The van der Waals surface area contributed by atoms with E-state index in [0.717, 1.165) is 22.3 Å². The maximum Gasteiger partial charge on any atom is 0.407 e. The molecule has 258 valence electrons. The Morgan fingerprint density at radius 3 is 2.12 bits per heavy atom. The number of allylic oxidation sites excluding steroid dienone is 2. The summed E-state index contributed by atoms with van der Waals surface area (Å²) in [5.41, 5.74) is 4.99. The Morgan fingerprint density at radius 1 is 0.878 bits per heavy atom. The number of benzene rings is 3. The molecule has 4 rings (SSSR count). The molecule has 0 radical (unpaired) electrons. The molecule has 0 bridgehead atoms. The lowest BCUT2D eigenvalue weighted by atomic mass is 9.98. The van der Waals surface area contributed by atoms with Gasteiger partial charge >= 0.3 is 12.1 Å². The van der Waals surface area contributed by atoms with Gasteiger partial charge in [-0.3, -0.25) is 9.59 Å². The van der Waals surface area contributed by atoms with E-state index in [1.165, 1.54) is 0 Å². The molecule has 1 aliphatic carbocycles. The summed E-state index contributed by atoms with van der Waals surface area (Å²) in [5.74, 6) is -2.34. The van der Waals surface area contributed by atoms with Gasteiger partial charge in [0.2, 0.25) is 11.8 Å². The molecule has 1 aliphatic rings. The van der Waals surface area contributed by atoms with Gasteiger partial charge in [0.25, 0.3) is 0 Å². The highest BCUT2D eigenvalue weighted by Crippen LogP contribution is 2.44. The number of ether oxygens (including phenoxy) is 2. The molecular formula is C39H45N3O7. The number of rotatable bonds is 18. The van der Waals surface area contributed by atoms with E-state index < -0.39 is 42.1 Å². The highest BCUT2D eigenvalue weighted by Gasteiger charge is 2.31. The molecule has 10 nitrogen and oxygen atoms in total. The Balaban J connectivity index is 1.41. The molecule has 3 amide bonds. The summed E-state index contributed by atoms with van der Waals surface area (Å²) in [6.07, 6.45) is 2.35. The van der Waals surface area contributed by atoms with Crippen LogP contribution in [-0.2, 0) is 23.9 Å². The van der Waals surface area contributed by atoms with Crippen LogP contribution in [0.2, 0.25) is 0 Å². The van der Waals surface area contributed by atoms with Gasteiger partial charge in [0.15, 0.2) is 0 Å². The molecular weight excluding hydrogens is 622 g/mol. The van der Waals surface area contributed by atoms with Gasteiger partial charge in [0.05, 0.1) is 19.1 Å². The number of hydrogen-bond acceptors (Lipinski definition) is 7. The number of esters is 1. The number of carbonyl (C=O) groups excluding carboxylic acids is 4. The largest absolute Gasteiger partial charge is 0.454 e. The summed E-state index contributed by atoms with van der Waals surface area (Å²) in [6, 6.07) is 23.5. The van der Waals surface area contributed by atoms with Crippen LogP contribution in [0.5, 0.6) is 0 Å². The fraction of sp³-hybridized carbons (Fsp3) is 0.333. The molecule has 3 aromatic rings. The first-order valence-electron chi connectivity index (χ1n) is 16.5. The summed E-state index contributed by atoms with van der Waals surface area (Å²) in [4.78, 5) is 52.3. The quantitative estimate of drug-likeness (QED) is 0.106. The average molecular weight is 668 g/mol. The van der Waals surface area contributed by atoms with Crippen molar-refractivity contribution in [2.24, 2.45) is 5.92 Å². The number of carbonyl (C=O) groups is 4. The van der Waals surface area contributed by atoms with Gasteiger partial charge in [-0.05, 0) is 54.0 Å². The van der Waals surface area contributed by atoms with Crippen molar-refractivity contribution >= 4 is 23.9 Å². The molecule has 0 heterocycles. The van der Waals surface area contributed by atoms with Crippen LogP contribution in [0, 0.1) is 5.92 Å². The number of amides is 3. The van der Waals surface area contributed by atoms with Crippen molar-refractivity contribution in [3.63, 3.8) is 0 Å². The standard InChI is InChI=1S/C39H45N3O7/c1-4-6-21-34(42-39(47)48-25-33-31-19-12-10-17-29(31)30-18-11-13-20-32(30)33)38(46)49-35(27-15-8-7-9-16-27)23-40-37(45)28(14-5-2)22-36(44)41-26(3)24-43/h4-5,7-13,15-20,26,28,33-35,43H,1-2,6,14,21-25H2,3H3,(H,40,45)(H,41,44)(H,42,47)/t26-,28+,34-,35+/m0/s1. The maximum atomic E-state index is 13.6. The maximum absolute atomic E-state index is 13.6. The predicted molar refractivity (Wildman–Crippen MR) is 187 cm³/mol. The van der Waals surface area contributed by atoms with Gasteiger partial charge in [0.1, 0.15) is 18.8 Å². The van der Waals surface area contributed by atoms with Crippen molar-refractivity contribution in [1.82, 2.24) is 16.0 Å². The van der Waals surface area contributed by atoms with E-state index >= 15 is 0 Å². The molecule has 0 saturated heterocycles. The van der Waals surface area contributed by atoms with Crippen molar-refractivity contribution in [2.45, 2.75) is 56.7 Å². The van der Waals surface area contributed by atoms with Crippen molar-refractivity contribution in [3.05, 3.63) is 121 Å². The van der Waals surface area contributed by atoms with Crippen LogP contribution >= 0.6 is 0 Å². The minimum atomic E-state index is -1.04. The first-order chi connectivity index (χ1) is 23.7. The van der Waals surface area contributed by atoms with E-state index in [0.29, 0.717) is 12.0 Å². The number of hydrogen-bond donors (Lipinski definition) is 4. The summed E-state index contributed by atoms with van der Waals surface area (Å²) in [7, 11) is 0. The molecule has 49 heavy (non-hydrogen) atoms. The molecule has 0 unspecified atom stereocenters. The minimum Gasteiger partial charge on any atom is -0.454 e. The van der Waals surface area contributed by atoms with E-state index in [2.05, 4.69) is 41.2 Å². The lowest BCUT2D eigenvalue weighted by Gasteiger charge is -2.24. The molecule has 10 heteroatoms. The first kappa shape index (κ1) is 36.6. The summed E-state index contributed by atoms with van der Waals surface area (Å²) in [6.45, 7) is 8.89. The van der Waals surface area contributed by atoms with Crippen molar-refractivity contribution in [3.8, 4) is 11.1 Å². The number of aliphatic hydroxyl groups is 1. The molecule has 4 N–H and O–H groups in total. The molecule has 3 aromatic carbocycles. The van der Waals surface area contributed by atoms with Crippen LogP contribution in [0.4, 0.5) is 4.79 Å². The smallest absolute Gasteiger partial charge is 0.407 e. The topological polar surface area (TPSA) is 143 Å². The average Bonchev–Trinajstić information content (AvgIpc) is 3.44. The van der Waals surface area contributed by atoms with Crippen molar-refractivity contribution < 1.29 is 33.8 Å². The third-order valence-electron chi connectivity index (χ3n) is 8.41. The van der Waals surface area contributed by atoms with Crippen molar-refractivity contribution in [2.75, 3.05) is 19.8 Å². The zero-order chi connectivity index (χ0) is 35.2. The molecule has 0 spiro atoms. The molecule has 0 saturated carbocycles. The van der Waals surface area contributed by atoms with E-state index in [9.17, 15) is 24.3 Å². The van der Waals surface area contributed by atoms with Crippen LogP contribution in [0.3, 0.4) is 0 Å². The number of aliphatic hydroxyl groups excluding tert-OH is 1. The normalized spacial score (nSPS) is 14.2. The fourth-order valence-corrected chi connectivity index (χ4v) is 5.86. The summed E-state index contributed by atoms with van der Waals surface area (Å²) in [5, 5.41) is 17.4. The predicted octanol–water partition coefficient (Wildman–Crippen LogP) is 5.34. The summed E-state index contributed by atoms with van der Waals surface area (Å²) >= 11 is 0. The molecule has 4 atom stereocenters. The van der Waals surface area contributed by atoms with Crippen LogP contribution < -0.4 is 16.0 Å². The summed E-state index contributed by atoms with van der Waals surface area (Å²) < 4.78 is 11.6. The van der Waals surface area contributed by atoms with Gasteiger partial charge in [-0.2, -0.15) is 0 Å². The second-order valence-corrected chi connectivity index (χ2v) is 12.0. The fourth-order valence-electron chi connectivity index (χ4n) is 5.86. The Hall–Kier alpha value is -5.22. The Labute approximate surface area is 287 Å². The van der Waals surface area contributed by atoms with Crippen LogP contribution in [0.1, 0.15) is 61.3 Å². The van der Waals surface area contributed by atoms with E-state index in [-0.39, 0.29) is 50.8 Å². The number of fused-ring (bicyclic) bond motifs is 3. The first-order valence-corrected chi connectivity index (χ1v) is 16.5. The molecule has 0 fully saturated rings. The van der Waals surface area contributed by atoms with E-state index in [4.69, 9.17) is 9.47 Å². The lowest BCUT2D eigenvalue weighted by molar-refractivity contribution is -0.152. The van der Waals surface area contributed by atoms with Gasteiger partial charge in [-0.1, -0.05) is 91.0 Å². The van der Waals surface area contributed by atoms with Crippen LogP contribution in [-0.4, -0.2) is 60.8 Å². The number of alkyl carbamates (subject to hydrolysis) is 1. The molecule has 0 aliphatic heterocycles. The van der Waals surface area contributed by atoms with Gasteiger partial charge in [0, 0.05) is 18.4 Å². The highest BCUT2D eigenvalue weighted by molar-refractivity contribution is 5.86. The second kappa shape index (κ2) is 18.4. The van der Waals surface area contributed by atoms with Crippen LogP contribution in [0.25, 0.3) is 11.1 Å². The monoisotopic (exact) mass is 667 g/mol. The van der Waals surface area contributed by atoms with Crippen molar-refractivity contribution in [1.29, 1.82) is 0 Å². The molecule has 0 aromatic heterocycles. The number of nitrogens with one attached hydrogen (secondary N) is 3. The SMILES string of the molecule is C=CCC[C@H](NC(=O)OCC1c2ccccc2-c2ccccc21)C(=O)O[C@H](CNC(=O)[C@H](CC=C)CC(=O)N[C@@H](C)CO)c1ccccc1. The minimum absolute atomic E-state index is 0.0734. The third-order valence-corrected chi connectivity index (χ3v) is 8.41. The van der Waals surface area contributed by atoms with E-state index in [1.807, 2.05) is 42.5 Å². The Kier molecular flexibility index (Phi) is 13.7. The van der Waals surface area contributed by atoms with E-state index in [1.54, 1.807) is 43.3 Å². The van der Waals surface area contributed by atoms with Crippen LogP contribution in [0.15, 0.2) is 104 Å². The van der Waals surface area contributed by atoms with Gasteiger partial charge < -0.3 is 30.5 Å². The second-order valence-electron chi connectivity index (χ2n) is 12.0. The lowest BCUT2D eigenvalue weighted by Crippen LogP contribution is -2.44. The third kappa shape index (κ3) is 10.1. The van der Waals surface area contributed by atoms with Gasteiger partial charge in [-0.15, -0.1) is 13.2 Å². The Bertz CT molecular complexity index is 1560. The zero-order valence-electron chi connectivity index (χ0n) is 27.8. The van der Waals surface area contributed by atoms with Gasteiger partial charge in [-0.25, -0.2) is 9.59 Å². The Morgan fingerprint density at radius 2 is 1.51 bits per heavy atom.